The van der Waals surface area contributed by atoms with Crippen molar-refractivity contribution in [2.24, 2.45) is 10.8 Å². The van der Waals surface area contributed by atoms with E-state index in [1.807, 2.05) is 39.1 Å². The molecule has 1 rings (SSSR count). The zero-order chi connectivity index (χ0) is 27.2. The third-order valence-corrected chi connectivity index (χ3v) is 7.26. The number of amides is 1. The van der Waals surface area contributed by atoms with E-state index < -0.39 is 0 Å². The zero-order valence-corrected chi connectivity index (χ0v) is 24.7. The third kappa shape index (κ3) is 13.5. The summed E-state index contributed by atoms with van der Waals surface area (Å²) in [5.41, 5.74) is 3.76. The molecule has 0 unspecified atom stereocenters. The second kappa shape index (κ2) is 16.2. The summed E-state index contributed by atoms with van der Waals surface area (Å²) in [4.78, 5) is 27.9. The SMILES string of the molecule is CCCCN(CCCC(C)(C)CC(C)(C)CCCCN(C)CC=O)CC(=O)Nc1c(C)cccc1C. The van der Waals surface area contributed by atoms with Gasteiger partial charge in [-0.25, -0.2) is 0 Å². The Morgan fingerprint density at radius 2 is 1.50 bits per heavy atom. The van der Waals surface area contributed by atoms with E-state index in [1.165, 1.54) is 25.7 Å². The summed E-state index contributed by atoms with van der Waals surface area (Å²) in [7, 11) is 2.01. The average Bonchev–Trinajstić information content (AvgIpc) is 2.77. The van der Waals surface area contributed by atoms with Gasteiger partial charge in [-0.3, -0.25) is 14.6 Å². The van der Waals surface area contributed by atoms with E-state index in [2.05, 4.69) is 49.7 Å². The van der Waals surface area contributed by atoms with Gasteiger partial charge in [0.1, 0.15) is 6.29 Å². The molecule has 0 aliphatic carbocycles. The number of nitrogens with one attached hydrogen (secondary N) is 1. The summed E-state index contributed by atoms with van der Waals surface area (Å²) in [6.07, 6.45) is 10.3. The number of unbranched alkanes of at least 4 members (excludes halogenated alkanes) is 2. The molecule has 0 fully saturated rings. The van der Waals surface area contributed by atoms with E-state index in [4.69, 9.17) is 0 Å². The number of aldehydes is 1. The van der Waals surface area contributed by atoms with Crippen LogP contribution in [0.5, 0.6) is 0 Å². The Hall–Kier alpha value is -1.72. The van der Waals surface area contributed by atoms with Gasteiger partial charge in [0.2, 0.25) is 5.91 Å². The number of hydrogen-bond donors (Lipinski definition) is 1. The number of carbonyl (C=O) groups is 2. The second-order valence-electron chi connectivity index (χ2n) is 12.4. The Morgan fingerprint density at radius 1 is 0.917 bits per heavy atom. The molecule has 0 aliphatic heterocycles. The topological polar surface area (TPSA) is 52.7 Å². The van der Waals surface area contributed by atoms with Crippen molar-refractivity contribution in [1.29, 1.82) is 0 Å². The summed E-state index contributed by atoms with van der Waals surface area (Å²) in [6, 6.07) is 6.13. The van der Waals surface area contributed by atoms with Crippen LogP contribution in [0.3, 0.4) is 0 Å². The number of benzene rings is 1. The Morgan fingerprint density at radius 3 is 2.08 bits per heavy atom. The van der Waals surface area contributed by atoms with Crippen molar-refractivity contribution in [2.75, 3.05) is 45.1 Å². The molecule has 36 heavy (non-hydrogen) atoms. The van der Waals surface area contributed by atoms with Crippen molar-refractivity contribution in [3.8, 4) is 0 Å². The van der Waals surface area contributed by atoms with Crippen molar-refractivity contribution in [3.05, 3.63) is 29.3 Å². The van der Waals surface area contributed by atoms with Gasteiger partial charge in [0.15, 0.2) is 0 Å². The highest BCUT2D eigenvalue weighted by molar-refractivity contribution is 5.93. The fraction of sp³-hybridized carbons (Fsp3) is 0.742. The molecule has 0 heterocycles. The number of rotatable bonds is 19. The van der Waals surface area contributed by atoms with Crippen LogP contribution in [0.4, 0.5) is 5.69 Å². The van der Waals surface area contributed by atoms with E-state index in [0.717, 1.165) is 68.4 Å². The molecule has 1 aromatic carbocycles. The van der Waals surface area contributed by atoms with Crippen molar-refractivity contribution in [3.63, 3.8) is 0 Å². The summed E-state index contributed by atoms with van der Waals surface area (Å²) in [5, 5.41) is 3.16. The van der Waals surface area contributed by atoms with Gasteiger partial charge in [0.25, 0.3) is 0 Å². The van der Waals surface area contributed by atoms with Gasteiger partial charge in [-0.2, -0.15) is 0 Å². The van der Waals surface area contributed by atoms with Crippen LogP contribution >= 0.6 is 0 Å². The monoisotopic (exact) mass is 501 g/mol. The van der Waals surface area contributed by atoms with Crippen LogP contribution in [0, 0.1) is 24.7 Å². The van der Waals surface area contributed by atoms with E-state index in [1.54, 1.807) is 0 Å². The van der Waals surface area contributed by atoms with Crippen LogP contribution in [-0.4, -0.2) is 61.8 Å². The van der Waals surface area contributed by atoms with Crippen molar-refractivity contribution in [1.82, 2.24) is 9.80 Å². The highest BCUT2D eigenvalue weighted by atomic mass is 16.2. The van der Waals surface area contributed by atoms with Crippen LogP contribution in [0.2, 0.25) is 0 Å². The smallest absolute Gasteiger partial charge is 0.238 e. The fourth-order valence-electron chi connectivity index (χ4n) is 5.50. The molecule has 0 spiro atoms. The molecule has 0 aliphatic rings. The third-order valence-electron chi connectivity index (χ3n) is 7.26. The maximum absolute atomic E-state index is 12.9. The van der Waals surface area contributed by atoms with Crippen LogP contribution in [0.25, 0.3) is 0 Å². The van der Waals surface area contributed by atoms with Gasteiger partial charge in [-0.1, -0.05) is 65.7 Å². The van der Waals surface area contributed by atoms with Crippen molar-refractivity contribution >= 4 is 17.9 Å². The van der Waals surface area contributed by atoms with E-state index in [-0.39, 0.29) is 11.3 Å². The van der Waals surface area contributed by atoms with Gasteiger partial charge in [0.05, 0.1) is 13.1 Å². The Labute approximate surface area is 222 Å². The molecular formula is C31H55N3O2. The number of likely N-dealkylation sites (N-methyl/N-ethyl adjacent to an activating group) is 1. The number of carbonyl (C=O) groups excluding carboxylic acids is 2. The molecule has 0 atom stereocenters. The molecule has 5 heteroatoms. The quantitative estimate of drug-likeness (QED) is 0.166. The maximum Gasteiger partial charge on any atom is 0.238 e. The highest BCUT2D eigenvalue weighted by Gasteiger charge is 2.28. The summed E-state index contributed by atoms with van der Waals surface area (Å²) in [6.45, 7) is 19.8. The molecule has 1 N–H and O–H groups in total. The minimum absolute atomic E-state index is 0.0858. The lowest BCUT2D eigenvalue weighted by Gasteiger charge is -2.36. The molecule has 1 aromatic rings. The van der Waals surface area contributed by atoms with Gasteiger partial charge in [-0.15, -0.1) is 0 Å². The van der Waals surface area contributed by atoms with E-state index in [0.29, 0.717) is 18.5 Å². The predicted octanol–water partition coefficient (Wildman–Crippen LogP) is 6.87. The summed E-state index contributed by atoms with van der Waals surface area (Å²) in [5.74, 6) is 0.0858. The van der Waals surface area contributed by atoms with Gasteiger partial charge >= 0.3 is 0 Å². The minimum atomic E-state index is 0.0858. The van der Waals surface area contributed by atoms with Gasteiger partial charge < -0.3 is 10.1 Å². The van der Waals surface area contributed by atoms with Crippen molar-refractivity contribution in [2.45, 2.75) is 99.8 Å². The number of nitrogens with zero attached hydrogens (tertiary/aromatic N) is 2. The molecule has 1 amide bonds. The predicted molar refractivity (Wildman–Crippen MR) is 155 cm³/mol. The zero-order valence-electron chi connectivity index (χ0n) is 24.7. The average molecular weight is 502 g/mol. The maximum atomic E-state index is 12.9. The molecule has 0 aromatic heterocycles. The molecular weight excluding hydrogens is 446 g/mol. The van der Waals surface area contributed by atoms with Crippen LogP contribution in [-0.2, 0) is 9.59 Å². The number of hydrogen-bond acceptors (Lipinski definition) is 4. The molecule has 0 saturated heterocycles. The van der Waals surface area contributed by atoms with Gasteiger partial charge in [-0.05, 0) is 101 Å². The lowest BCUT2D eigenvalue weighted by Crippen LogP contribution is -2.35. The first-order valence-electron chi connectivity index (χ1n) is 14.1. The Kier molecular flexibility index (Phi) is 14.5. The van der Waals surface area contributed by atoms with Crippen LogP contribution in [0.15, 0.2) is 18.2 Å². The van der Waals surface area contributed by atoms with Crippen molar-refractivity contribution < 1.29 is 9.59 Å². The van der Waals surface area contributed by atoms with E-state index in [9.17, 15) is 9.59 Å². The minimum Gasteiger partial charge on any atom is -0.324 e. The number of aryl methyl sites for hydroxylation is 2. The first-order chi connectivity index (χ1) is 16.9. The van der Waals surface area contributed by atoms with E-state index >= 15 is 0 Å². The molecule has 0 bridgehead atoms. The fourth-order valence-corrected chi connectivity index (χ4v) is 5.50. The molecule has 0 saturated carbocycles. The summed E-state index contributed by atoms with van der Waals surface area (Å²) >= 11 is 0. The van der Waals surface area contributed by atoms with Gasteiger partial charge in [0, 0.05) is 5.69 Å². The first-order valence-corrected chi connectivity index (χ1v) is 14.1. The normalized spacial score (nSPS) is 12.4. The Balaban J connectivity index is 2.53. The van der Waals surface area contributed by atoms with Crippen LogP contribution in [0.1, 0.15) is 97.1 Å². The lowest BCUT2D eigenvalue weighted by atomic mass is 9.71. The summed E-state index contributed by atoms with van der Waals surface area (Å²) < 4.78 is 0. The number of anilines is 1. The lowest BCUT2D eigenvalue weighted by molar-refractivity contribution is -0.117. The largest absolute Gasteiger partial charge is 0.324 e. The molecule has 206 valence electrons. The highest BCUT2D eigenvalue weighted by Crippen LogP contribution is 2.40. The first kappa shape index (κ1) is 32.3. The standard InChI is InChI=1S/C31H55N3O2/c1-9-10-20-34(24-28(36)32-29-26(2)15-13-16-27(29)3)21-14-18-31(6,7)25-30(4,5)17-11-12-19-33(8)22-23-35/h13,15-16,23H,9-12,14,17-22,24-25H2,1-8H3,(H,32,36). The second-order valence-corrected chi connectivity index (χ2v) is 12.4. The molecule has 5 nitrogen and oxygen atoms in total. The van der Waals surface area contributed by atoms with Crippen LogP contribution < -0.4 is 5.32 Å². The number of para-hydroxylation sites is 1. The molecule has 0 radical (unpaired) electrons. The Bertz CT molecular complexity index is 768.